The molecule has 0 spiro atoms. The summed E-state index contributed by atoms with van der Waals surface area (Å²) < 4.78 is 0. The lowest BCUT2D eigenvalue weighted by atomic mass is 10.2. The zero-order valence-electron chi connectivity index (χ0n) is 10.9. The summed E-state index contributed by atoms with van der Waals surface area (Å²) >= 11 is 5.94. The number of rotatable bonds is 5. The van der Waals surface area contributed by atoms with E-state index in [1.54, 1.807) is 6.20 Å². The number of pyridine rings is 1. The molecule has 19 heavy (non-hydrogen) atoms. The van der Waals surface area contributed by atoms with Crippen LogP contribution in [0.25, 0.3) is 0 Å². The highest BCUT2D eigenvalue weighted by atomic mass is 35.5. The first-order chi connectivity index (χ1) is 9.20. The summed E-state index contributed by atoms with van der Waals surface area (Å²) in [4.78, 5) is 6.25. The second-order valence-corrected chi connectivity index (χ2v) is 4.79. The molecule has 2 rings (SSSR count). The molecule has 1 heterocycles. The Balaban J connectivity index is 2.21. The van der Waals surface area contributed by atoms with Crippen LogP contribution in [-0.2, 0) is 6.54 Å². The summed E-state index contributed by atoms with van der Waals surface area (Å²) in [7, 11) is 0. The highest BCUT2D eigenvalue weighted by Gasteiger charge is 2.09. The van der Waals surface area contributed by atoms with E-state index in [1.165, 1.54) is 5.56 Å². The fraction of sp³-hybridized carbons (Fsp3) is 0.267. The Labute approximate surface area is 118 Å². The normalized spacial score (nSPS) is 10.5. The summed E-state index contributed by atoms with van der Waals surface area (Å²) in [6.45, 7) is 3.34. The Bertz CT molecular complexity index is 531. The molecule has 1 N–H and O–H groups in total. The first-order valence-corrected chi connectivity index (χ1v) is 6.60. The largest absolute Gasteiger partial charge is 0.395 e. The van der Waals surface area contributed by atoms with E-state index in [4.69, 9.17) is 11.6 Å². The summed E-state index contributed by atoms with van der Waals surface area (Å²) in [5.41, 5.74) is 3.11. The SMILES string of the molecule is Cc1cc(N(CCO)Cc2ccccc2)cnc1Cl. The van der Waals surface area contributed by atoms with E-state index >= 15 is 0 Å². The van der Waals surface area contributed by atoms with E-state index < -0.39 is 0 Å². The minimum atomic E-state index is 0.106. The van der Waals surface area contributed by atoms with Gasteiger partial charge in [0.15, 0.2) is 0 Å². The van der Waals surface area contributed by atoms with Crippen LogP contribution in [-0.4, -0.2) is 23.2 Å². The molecule has 0 aliphatic heterocycles. The average molecular weight is 277 g/mol. The summed E-state index contributed by atoms with van der Waals surface area (Å²) in [5, 5.41) is 9.73. The lowest BCUT2D eigenvalue weighted by Gasteiger charge is -2.24. The molecule has 0 bridgehead atoms. The van der Waals surface area contributed by atoms with Gasteiger partial charge in [0, 0.05) is 13.1 Å². The molecule has 0 fully saturated rings. The molecule has 0 atom stereocenters. The minimum absolute atomic E-state index is 0.106. The van der Waals surface area contributed by atoms with Crippen LogP contribution in [0.2, 0.25) is 5.15 Å². The van der Waals surface area contributed by atoms with E-state index in [-0.39, 0.29) is 6.61 Å². The van der Waals surface area contributed by atoms with Gasteiger partial charge in [-0.3, -0.25) is 0 Å². The van der Waals surface area contributed by atoms with E-state index in [0.29, 0.717) is 11.7 Å². The number of halogens is 1. The monoisotopic (exact) mass is 276 g/mol. The molecule has 1 aromatic carbocycles. The molecule has 0 amide bonds. The van der Waals surface area contributed by atoms with Gasteiger partial charge in [0.05, 0.1) is 18.5 Å². The molecule has 100 valence electrons. The minimum Gasteiger partial charge on any atom is -0.395 e. The topological polar surface area (TPSA) is 36.4 Å². The molecule has 0 saturated heterocycles. The molecule has 2 aromatic rings. The Morgan fingerprint density at radius 3 is 2.63 bits per heavy atom. The number of aryl methyl sites for hydroxylation is 1. The van der Waals surface area contributed by atoms with Crippen LogP contribution in [0.3, 0.4) is 0 Å². The van der Waals surface area contributed by atoms with Crippen molar-refractivity contribution in [3.05, 3.63) is 58.9 Å². The number of hydrogen-bond donors (Lipinski definition) is 1. The van der Waals surface area contributed by atoms with Crippen molar-refractivity contribution in [1.82, 2.24) is 4.98 Å². The van der Waals surface area contributed by atoms with Gasteiger partial charge in [0.2, 0.25) is 0 Å². The quantitative estimate of drug-likeness (QED) is 0.853. The van der Waals surface area contributed by atoms with Gasteiger partial charge in [-0.2, -0.15) is 0 Å². The predicted molar refractivity (Wildman–Crippen MR) is 78.6 cm³/mol. The Morgan fingerprint density at radius 2 is 2.00 bits per heavy atom. The van der Waals surface area contributed by atoms with E-state index in [1.807, 2.05) is 31.2 Å². The van der Waals surface area contributed by atoms with Gasteiger partial charge in [-0.25, -0.2) is 4.98 Å². The van der Waals surface area contributed by atoms with Crippen molar-refractivity contribution in [3.8, 4) is 0 Å². The number of aliphatic hydroxyl groups excluding tert-OH is 1. The maximum absolute atomic E-state index is 9.21. The molecule has 1 aromatic heterocycles. The van der Waals surface area contributed by atoms with Crippen molar-refractivity contribution in [2.24, 2.45) is 0 Å². The zero-order chi connectivity index (χ0) is 13.7. The van der Waals surface area contributed by atoms with Gasteiger partial charge >= 0.3 is 0 Å². The highest BCUT2D eigenvalue weighted by molar-refractivity contribution is 6.30. The van der Waals surface area contributed by atoms with Crippen molar-refractivity contribution < 1.29 is 5.11 Å². The molecule has 3 nitrogen and oxygen atoms in total. The third kappa shape index (κ3) is 3.69. The Kier molecular flexibility index (Phi) is 4.77. The summed E-state index contributed by atoms with van der Waals surface area (Å²) in [6.07, 6.45) is 1.74. The van der Waals surface area contributed by atoms with Crippen LogP contribution in [0.4, 0.5) is 5.69 Å². The van der Waals surface area contributed by atoms with E-state index in [0.717, 1.165) is 17.8 Å². The fourth-order valence-electron chi connectivity index (χ4n) is 1.94. The maximum atomic E-state index is 9.21. The van der Waals surface area contributed by atoms with Crippen LogP contribution in [0.1, 0.15) is 11.1 Å². The average Bonchev–Trinajstić information content (AvgIpc) is 2.43. The second kappa shape index (κ2) is 6.55. The van der Waals surface area contributed by atoms with Crippen LogP contribution in [0.15, 0.2) is 42.6 Å². The molecule has 0 saturated carbocycles. The van der Waals surface area contributed by atoms with Crippen molar-refractivity contribution >= 4 is 17.3 Å². The van der Waals surface area contributed by atoms with Crippen molar-refractivity contribution in [1.29, 1.82) is 0 Å². The van der Waals surface area contributed by atoms with Crippen molar-refractivity contribution in [2.75, 3.05) is 18.1 Å². The molecular formula is C15H17ClN2O. The molecule has 0 aliphatic carbocycles. The standard InChI is InChI=1S/C15H17ClN2O/c1-12-9-14(10-17-15(12)16)18(7-8-19)11-13-5-3-2-4-6-13/h2-6,9-10,19H,7-8,11H2,1H3. The Hall–Kier alpha value is -1.58. The van der Waals surface area contributed by atoms with Gasteiger partial charge in [0.25, 0.3) is 0 Å². The number of aromatic nitrogens is 1. The van der Waals surface area contributed by atoms with Crippen LogP contribution in [0.5, 0.6) is 0 Å². The first-order valence-electron chi connectivity index (χ1n) is 6.22. The maximum Gasteiger partial charge on any atom is 0.132 e. The molecule has 0 aliphatic rings. The third-order valence-electron chi connectivity index (χ3n) is 2.95. The van der Waals surface area contributed by atoms with Crippen molar-refractivity contribution in [3.63, 3.8) is 0 Å². The molecule has 0 unspecified atom stereocenters. The number of hydrogen-bond acceptors (Lipinski definition) is 3. The summed E-state index contributed by atoms with van der Waals surface area (Å²) in [6, 6.07) is 12.2. The van der Waals surface area contributed by atoms with Crippen molar-refractivity contribution in [2.45, 2.75) is 13.5 Å². The Morgan fingerprint density at radius 1 is 1.26 bits per heavy atom. The number of anilines is 1. The van der Waals surface area contributed by atoms with Crippen LogP contribution < -0.4 is 4.90 Å². The smallest absolute Gasteiger partial charge is 0.132 e. The van der Waals surface area contributed by atoms with Gasteiger partial charge in [-0.15, -0.1) is 0 Å². The molecule has 4 heteroatoms. The lowest BCUT2D eigenvalue weighted by molar-refractivity contribution is 0.301. The van der Waals surface area contributed by atoms with Crippen LogP contribution >= 0.6 is 11.6 Å². The van der Waals surface area contributed by atoms with Gasteiger partial charge in [-0.1, -0.05) is 41.9 Å². The lowest BCUT2D eigenvalue weighted by Crippen LogP contribution is -2.26. The number of nitrogens with zero attached hydrogens (tertiary/aromatic N) is 2. The molecule has 0 radical (unpaired) electrons. The molecular weight excluding hydrogens is 260 g/mol. The number of benzene rings is 1. The fourth-order valence-corrected chi connectivity index (χ4v) is 2.04. The second-order valence-electron chi connectivity index (χ2n) is 4.43. The van der Waals surface area contributed by atoms with E-state index in [2.05, 4.69) is 22.0 Å². The predicted octanol–water partition coefficient (Wildman–Crippen LogP) is 3.04. The summed E-state index contributed by atoms with van der Waals surface area (Å²) in [5.74, 6) is 0. The third-order valence-corrected chi connectivity index (χ3v) is 3.35. The van der Waals surface area contributed by atoms with Gasteiger partial charge in [-0.05, 0) is 24.1 Å². The van der Waals surface area contributed by atoms with E-state index in [9.17, 15) is 5.11 Å². The number of aliphatic hydroxyl groups is 1. The van der Waals surface area contributed by atoms with Gasteiger partial charge < -0.3 is 10.0 Å². The van der Waals surface area contributed by atoms with Crippen LogP contribution in [0, 0.1) is 6.92 Å². The highest BCUT2D eigenvalue weighted by Crippen LogP contribution is 2.21. The first kappa shape index (κ1) is 13.8. The van der Waals surface area contributed by atoms with Gasteiger partial charge in [0.1, 0.15) is 5.15 Å². The zero-order valence-corrected chi connectivity index (χ0v) is 11.6.